The van der Waals surface area contributed by atoms with Gasteiger partial charge >= 0.3 is 0 Å². The van der Waals surface area contributed by atoms with Crippen molar-refractivity contribution in [3.63, 3.8) is 0 Å². The van der Waals surface area contributed by atoms with Gasteiger partial charge in [-0.05, 0) is 29.1 Å². The Kier molecular flexibility index (Phi) is 5.80. The normalized spacial score (nSPS) is 15.5. The number of amides is 1. The van der Waals surface area contributed by atoms with Gasteiger partial charge in [0.1, 0.15) is 13.1 Å². The van der Waals surface area contributed by atoms with Crippen molar-refractivity contribution >= 4 is 17.2 Å². The zero-order valence-corrected chi connectivity index (χ0v) is 14.0. The van der Waals surface area contributed by atoms with E-state index in [9.17, 15) is 4.79 Å². The quantitative estimate of drug-likeness (QED) is 0.787. The zero-order chi connectivity index (χ0) is 15.9. The van der Waals surface area contributed by atoms with Gasteiger partial charge in [0, 0.05) is 23.4 Å². The number of morpholine rings is 1. The third kappa shape index (κ3) is 4.64. The van der Waals surface area contributed by atoms with Crippen molar-refractivity contribution in [1.29, 1.82) is 0 Å². The fraction of sp³-hybridized carbons (Fsp3) is 0.389. The van der Waals surface area contributed by atoms with Gasteiger partial charge in [-0.2, -0.15) is 0 Å². The molecule has 0 bridgehead atoms. The SMILES string of the molecule is O=C(NCCC[NH+]1CCOCC1)c1cccc(-c2cccs2)c1. The lowest BCUT2D eigenvalue weighted by atomic mass is 10.1. The van der Waals surface area contributed by atoms with Gasteiger partial charge in [0.2, 0.25) is 0 Å². The fourth-order valence-corrected chi connectivity index (χ4v) is 3.53. The van der Waals surface area contributed by atoms with Gasteiger partial charge in [0.05, 0.1) is 19.8 Å². The minimum atomic E-state index is 0.0142. The summed E-state index contributed by atoms with van der Waals surface area (Å²) in [6.45, 7) is 5.70. The van der Waals surface area contributed by atoms with Crippen LogP contribution in [0.3, 0.4) is 0 Å². The monoisotopic (exact) mass is 331 g/mol. The molecule has 3 rings (SSSR count). The van der Waals surface area contributed by atoms with Crippen molar-refractivity contribution in [3.8, 4) is 10.4 Å². The van der Waals surface area contributed by atoms with E-state index in [4.69, 9.17) is 4.74 Å². The summed E-state index contributed by atoms with van der Waals surface area (Å²) >= 11 is 1.69. The van der Waals surface area contributed by atoms with E-state index in [0.717, 1.165) is 56.9 Å². The number of thiophene rings is 1. The molecular weight excluding hydrogens is 308 g/mol. The molecule has 0 aliphatic carbocycles. The molecular formula is C18H23N2O2S+. The molecule has 5 heteroatoms. The molecule has 0 spiro atoms. The van der Waals surface area contributed by atoms with Crippen LogP contribution >= 0.6 is 11.3 Å². The van der Waals surface area contributed by atoms with Crippen molar-refractivity contribution in [1.82, 2.24) is 5.32 Å². The Balaban J connectivity index is 1.47. The molecule has 2 aromatic rings. The van der Waals surface area contributed by atoms with Crippen LogP contribution in [0, 0.1) is 0 Å². The van der Waals surface area contributed by atoms with Crippen LogP contribution in [0.2, 0.25) is 0 Å². The molecule has 2 heterocycles. The first kappa shape index (κ1) is 16.2. The van der Waals surface area contributed by atoms with Crippen LogP contribution < -0.4 is 10.2 Å². The van der Waals surface area contributed by atoms with Crippen molar-refractivity contribution in [2.75, 3.05) is 39.4 Å². The highest BCUT2D eigenvalue weighted by Crippen LogP contribution is 2.25. The minimum Gasteiger partial charge on any atom is -0.370 e. The second-order valence-electron chi connectivity index (χ2n) is 5.78. The molecule has 0 radical (unpaired) electrons. The predicted octanol–water partition coefficient (Wildman–Crippen LogP) is 1.45. The molecule has 1 aromatic heterocycles. The van der Waals surface area contributed by atoms with E-state index in [2.05, 4.69) is 16.8 Å². The Morgan fingerprint density at radius 1 is 1.22 bits per heavy atom. The summed E-state index contributed by atoms with van der Waals surface area (Å²) in [6, 6.07) is 11.9. The molecule has 1 aliphatic rings. The van der Waals surface area contributed by atoms with Crippen molar-refractivity contribution in [2.45, 2.75) is 6.42 Å². The first-order valence-corrected chi connectivity index (χ1v) is 9.04. The van der Waals surface area contributed by atoms with Gasteiger partial charge in [-0.15, -0.1) is 11.3 Å². The van der Waals surface area contributed by atoms with E-state index in [0.29, 0.717) is 0 Å². The highest BCUT2D eigenvalue weighted by Gasteiger charge is 2.13. The van der Waals surface area contributed by atoms with Crippen molar-refractivity contribution < 1.29 is 14.4 Å². The summed E-state index contributed by atoms with van der Waals surface area (Å²) in [5, 5.41) is 5.08. The standard InChI is InChI=1S/C18H22N2O2S/c21-18(19-7-3-8-20-9-11-22-12-10-20)16-5-1-4-15(14-16)17-6-2-13-23-17/h1-2,4-6,13-14H,3,7-12H2,(H,19,21)/p+1. The Morgan fingerprint density at radius 3 is 2.87 bits per heavy atom. The van der Waals surface area contributed by atoms with E-state index in [-0.39, 0.29) is 5.91 Å². The van der Waals surface area contributed by atoms with E-state index in [1.165, 1.54) is 4.88 Å². The number of ether oxygens (including phenoxy) is 1. The summed E-state index contributed by atoms with van der Waals surface area (Å²) in [7, 11) is 0. The Hall–Kier alpha value is -1.69. The summed E-state index contributed by atoms with van der Waals surface area (Å²) in [6.07, 6.45) is 1.01. The summed E-state index contributed by atoms with van der Waals surface area (Å²) in [4.78, 5) is 15.0. The largest absolute Gasteiger partial charge is 0.370 e. The number of rotatable bonds is 6. The third-order valence-electron chi connectivity index (χ3n) is 4.12. The van der Waals surface area contributed by atoms with Crippen molar-refractivity contribution in [3.05, 3.63) is 47.3 Å². The fourth-order valence-electron chi connectivity index (χ4n) is 2.81. The maximum Gasteiger partial charge on any atom is 0.251 e. The number of hydrogen-bond donors (Lipinski definition) is 2. The maximum atomic E-state index is 12.3. The molecule has 1 amide bonds. The number of carbonyl (C=O) groups excluding carboxylic acids is 1. The molecule has 0 saturated carbocycles. The second kappa shape index (κ2) is 8.24. The van der Waals surface area contributed by atoms with Crippen molar-refractivity contribution in [2.24, 2.45) is 0 Å². The van der Waals surface area contributed by atoms with Crippen LogP contribution in [0.25, 0.3) is 10.4 Å². The number of carbonyl (C=O) groups is 1. The molecule has 1 saturated heterocycles. The molecule has 1 aliphatic heterocycles. The second-order valence-corrected chi connectivity index (χ2v) is 6.73. The highest BCUT2D eigenvalue weighted by atomic mass is 32.1. The average Bonchev–Trinajstić information content (AvgIpc) is 3.14. The average molecular weight is 331 g/mol. The van der Waals surface area contributed by atoms with Crippen LogP contribution in [0.4, 0.5) is 0 Å². The van der Waals surface area contributed by atoms with E-state index < -0.39 is 0 Å². The predicted molar refractivity (Wildman–Crippen MR) is 93.1 cm³/mol. The smallest absolute Gasteiger partial charge is 0.251 e. The first-order chi connectivity index (χ1) is 11.3. The first-order valence-electron chi connectivity index (χ1n) is 8.16. The van der Waals surface area contributed by atoms with Gasteiger partial charge in [0.25, 0.3) is 5.91 Å². The van der Waals surface area contributed by atoms with E-state index in [1.807, 2.05) is 30.3 Å². The molecule has 1 aromatic carbocycles. The van der Waals surface area contributed by atoms with Gasteiger partial charge in [-0.1, -0.05) is 18.2 Å². The third-order valence-corrected chi connectivity index (χ3v) is 5.04. The van der Waals surface area contributed by atoms with Gasteiger partial charge < -0.3 is 15.0 Å². The number of benzene rings is 1. The Bertz CT molecular complexity index is 622. The molecule has 4 nitrogen and oxygen atoms in total. The molecule has 122 valence electrons. The van der Waals surface area contributed by atoms with Crippen LogP contribution in [0.15, 0.2) is 41.8 Å². The number of hydrogen-bond acceptors (Lipinski definition) is 3. The van der Waals surface area contributed by atoms with Crippen LogP contribution in [0.5, 0.6) is 0 Å². The summed E-state index contributed by atoms with van der Waals surface area (Å²) in [5.41, 5.74) is 1.83. The molecule has 23 heavy (non-hydrogen) atoms. The summed E-state index contributed by atoms with van der Waals surface area (Å²) < 4.78 is 5.35. The van der Waals surface area contributed by atoms with Gasteiger partial charge in [-0.25, -0.2) is 0 Å². The van der Waals surface area contributed by atoms with E-state index in [1.54, 1.807) is 16.2 Å². The Morgan fingerprint density at radius 2 is 2.09 bits per heavy atom. The lowest BCUT2D eigenvalue weighted by Gasteiger charge is -2.23. The molecule has 0 unspecified atom stereocenters. The van der Waals surface area contributed by atoms with Gasteiger partial charge in [-0.3, -0.25) is 4.79 Å². The lowest BCUT2D eigenvalue weighted by Crippen LogP contribution is -3.14. The van der Waals surface area contributed by atoms with Crippen LogP contribution in [0.1, 0.15) is 16.8 Å². The van der Waals surface area contributed by atoms with Crippen LogP contribution in [-0.4, -0.2) is 45.3 Å². The molecule has 0 atom stereocenters. The topological polar surface area (TPSA) is 42.8 Å². The molecule has 2 N–H and O–H groups in total. The number of nitrogens with one attached hydrogen (secondary N) is 2. The van der Waals surface area contributed by atoms with Gasteiger partial charge in [0.15, 0.2) is 0 Å². The van der Waals surface area contributed by atoms with E-state index >= 15 is 0 Å². The number of quaternary nitrogens is 1. The maximum absolute atomic E-state index is 12.3. The lowest BCUT2D eigenvalue weighted by molar-refractivity contribution is -0.908. The zero-order valence-electron chi connectivity index (χ0n) is 13.2. The Labute approximate surface area is 141 Å². The van der Waals surface area contributed by atoms with Crippen LogP contribution in [-0.2, 0) is 4.74 Å². The minimum absolute atomic E-state index is 0.0142. The highest BCUT2D eigenvalue weighted by molar-refractivity contribution is 7.13. The summed E-state index contributed by atoms with van der Waals surface area (Å²) in [5.74, 6) is 0.0142. The molecule has 1 fully saturated rings.